The Balaban J connectivity index is 1.91. The first-order valence-corrected chi connectivity index (χ1v) is 13.3. The predicted molar refractivity (Wildman–Crippen MR) is 144 cm³/mol. The Morgan fingerprint density at radius 2 is 0.686 bits per heavy atom. The number of carbonyl (C=O) groups is 1. The minimum atomic E-state index is -3.77. The van der Waals surface area contributed by atoms with E-state index in [-0.39, 0.29) is 5.52 Å². The molecule has 0 atom stereocenters. The standard InChI is InChI=1S/C32H25O2P/c33-31(35(34,29-22-12-4-13-23-29)30-24-14-5-15-25-30)32(26-16-6-1-7-17-26,27-18-8-2-9-19-27)28-20-10-3-11-21-28/h1-25H. The van der Waals surface area contributed by atoms with Gasteiger partial charge in [0.1, 0.15) is 5.41 Å². The lowest BCUT2D eigenvalue weighted by Gasteiger charge is -2.37. The van der Waals surface area contributed by atoms with Crippen LogP contribution in [0.3, 0.4) is 0 Å². The molecule has 0 heterocycles. The van der Waals surface area contributed by atoms with E-state index in [0.717, 1.165) is 16.7 Å². The van der Waals surface area contributed by atoms with Crippen LogP contribution in [0.2, 0.25) is 0 Å². The van der Waals surface area contributed by atoms with Crippen LogP contribution < -0.4 is 10.6 Å². The van der Waals surface area contributed by atoms with Gasteiger partial charge in [0, 0.05) is 10.6 Å². The number of benzene rings is 5. The SMILES string of the molecule is O=C(C(c1ccccc1)(c1ccccc1)c1ccccc1)P(=O)(c1ccccc1)c1ccccc1. The Morgan fingerprint density at radius 1 is 0.429 bits per heavy atom. The highest BCUT2D eigenvalue weighted by atomic mass is 31.2. The fourth-order valence-corrected chi connectivity index (χ4v) is 7.64. The Kier molecular flexibility index (Phi) is 6.31. The van der Waals surface area contributed by atoms with E-state index in [1.165, 1.54) is 0 Å². The summed E-state index contributed by atoms with van der Waals surface area (Å²) in [6.07, 6.45) is 0. The summed E-state index contributed by atoms with van der Waals surface area (Å²) in [5.41, 5.74) is 0.759. The fourth-order valence-electron chi connectivity index (χ4n) is 4.83. The Hall–Kier alpha value is -4.00. The molecule has 0 radical (unpaired) electrons. The van der Waals surface area contributed by atoms with Gasteiger partial charge in [0.25, 0.3) is 0 Å². The molecule has 5 aromatic carbocycles. The van der Waals surface area contributed by atoms with E-state index in [0.29, 0.717) is 10.6 Å². The van der Waals surface area contributed by atoms with Crippen LogP contribution in [0.1, 0.15) is 16.7 Å². The first-order valence-electron chi connectivity index (χ1n) is 11.6. The molecule has 0 fully saturated rings. The Morgan fingerprint density at radius 3 is 0.971 bits per heavy atom. The van der Waals surface area contributed by atoms with Gasteiger partial charge >= 0.3 is 0 Å². The lowest BCUT2D eigenvalue weighted by Crippen LogP contribution is -2.42. The second kappa shape index (κ2) is 9.70. The maximum Gasteiger partial charge on any atom is 0.219 e. The second-order valence-electron chi connectivity index (χ2n) is 8.43. The van der Waals surface area contributed by atoms with Gasteiger partial charge in [-0.25, -0.2) is 0 Å². The molecule has 0 amide bonds. The molecule has 0 spiro atoms. The molecule has 0 aromatic heterocycles. The number of carbonyl (C=O) groups excluding carboxylic acids is 1. The zero-order valence-electron chi connectivity index (χ0n) is 19.2. The summed E-state index contributed by atoms with van der Waals surface area (Å²) in [6, 6.07) is 47.4. The third-order valence-corrected chi connectivity index (χ3v) is 9.42. The quantitative estimate of drug-likeness (QED) is 0.199. The molecule has 0 aliphatic heterocycles. The lowest BCUT2D eigenvalue weighted by molar-refractivity contribution is -0.114. The average molecular weight is 473 g/mol. The molecular weight excluding hydrogens is 447 g/mol. The normalized spacial score (nSPS) is 11.7. The lowest BCUT2D eigenvalue weighted by atomic mass is 9.70. The summed E-state index contributed by atoms with van der Waals surface area (Å²) < 4.78 is 15.3. The third kappa shape index (κ3) is 3.87. The Bertz CT molecular complexity index is 1310. The molecule has 0 unspecified atom stereocenters. The first kappa shape index (κ1) is 22.8. The predicted octanol–water partition coefficient (Wildman–Crippen LogP) is 6.56. The van der Waals surface area contributed by atoms with Gasteiger partial charge in [0.2, 0.25) is 12.7 Å². The second-order valence-corrected chi connectivity index (χ2v) is 11.1. The highest BCUT2D eigenvalue weighted by Crippen LogP contribution is 2.55. The van der Waals surface area contributed by atoms with Crippen molar-refractivity contribution < 1.29 is 9.36 Å². The van der Waals surface area contributed by atoms with Gasteiger partial charge < -0.3 is 4.57 Å². The van der Waals surface area contributed by atoms with E-state index in [1.54, 1.807) is 24.3 Å². The molecule has 5 aromatic rings. The fraction of sp³-hybridized carbons (Fsp3) is 0.0312. The van der Waals surface area contributed by atoms with Gasteiger partial charge in [-0.3, -0.25) is 4.79 Å². The van der Waals surface area contributed by atoms with Crippen molar-refractivity contribution in [2.75, 3.05) is 0 Å². The van der Waals surface area contributed by atoms with Crippen LogP contribution in [-0.4, -0.2) is 5.52 Å². The molecule has 35 heavy (non-hydrogen) atoms. The molecule has 0 saturated heterocycles. The van der Waals surface area contributed by atoms with Gasteiger partial charge in [0.05, 0.1) is 0 Å². The van der Waals surface area contributed by atoms with E-state index < -0.39 is 12.6 Å². The van der Waals surface area contributed by atoms with Crippen molar-refractivity contribution in [1.82, 2.24) is 0 Å². The average Bonchev–Trinajstić information content (AvgIpc) is 2.96. The highest BCUT2D eigenvalue weighted by Gasteiger charge is 2.52. The van der Waals surface area contributed by atoms with E-state index in [1.807, 2.05) is 127 Å². The van der Waals surface area contributed by atoms with Crippen molar-refractivity contribution in [3.05, 3.63) is 168 Å². The minimum absolute atomic E-state index is 0.328. The Labute approximate surface area is 206 Å². The van der Waals surface area contributed by atoms with Crippen LogP contribution in [0.4, 0.5) is 0 Å². The zero-order valence-corrected chi connectivity index (χ0v) is 20.1. The van der Waals surface area contributed by atoms with Crippen molar-refractivity contribution in [2.24, 2.45) is 0 Å². The van der Waals surface area contributed by atoms with Crippen LogP contribution >= 0.6 is 7.14 Å². The van der Waals surface area contributed by atoms with Crippen molar-refractivity contribution in [3.8, 4) is 0 Å². The number of hydrogen-bond acceptors (Lipinski definition) is 2. The minimum Gasteiger partial charge on any atom is -0.306 e. The highest BCUT2D eigenvalue weighted by molar-refractivity contribution is 7.93. The maximum absolute atomic E-state index is 15.3. The van der Waals surface area contributed by atoms with Gasteiger partial charge in [-0.05, 0) is 16.7 Å². The van der Waals surface area contributed by atoms with Crippen LogP contribution in [0.15, 0.2) is 152 Å². The largest absolute Gasteiger partial charge is 0.306 e. The van der Waals surface area contributed by atoms with E-state index in [4.69, 9.17) is 0 Å². The van der Waals surface area contributed by atoms with Crippen LogP contribution in [-0.2, 0) is 14.8 Å². The molecule has 2 nitrogen and oxygen atoms in total. The molecule has 0 aliphatic rings. The van der Waals surface area contributed by atoms with E-state index in [2.05, 4.69) is 0 Å². The van der Waals surface area contributed by atoms with Crippen molar-refractivity contribution in [2.45, 2.75) is 5.41 Å². The van der Waals surface area contributed by atoms with Crippen molar-refractivity contribution in [3.63, 3.8) is 0 Å². The topological polar surface area (TPSA) is 34.1 Å². The van der Waals surface area contributed by atoms with Crippen molar-refractivity contribution in [1.29, 1.82) is 0 Å². The van der Waals surface area contributed by atoms with Gasteiger partial charge in [-0.15, -0.1) is 0 Å². The smallest absolute Gasteiger partial charge is 0.219 e. The summed E-state index contributed by atoms with van der Waals surface area (Å²) in [6.45, 7) is 0. The molecule has 0 N–H and O–H groups in total. The molecule has 0 saturated carbocycles. The van der Waals surface area contributed by atoms with Gasteiger partial charge in [-0.2, -0.15) is 0 Å². The van der Waals surface area contributed by atoms with E-state index >= 15 is 9.36 Å². The first-order chi connectivity index (χ1) is 17.2. The molecule has 0 aliphatic carbocycles. The number of hydrogen-bond donors (Lipinski definition) is 0. The number of rotatable bonds is 7. The molecule has 170 valence electrons. The molecule has 5 rings (SSSR count). The van der Waals surface area contributed by atoms with Crippen LogP contribution in [0.5, 0.6) is 0 Å². The summed E-state index contributed by atoms with van der Waals surface area (Å²) in [7, 11) is -3.77. The van der Waals surface area contributed by atoms with E-state index in [9.17, 15) is 0 Å². The van der Waals surface area contributed by atoms with Crippen LogP contribution in [0.25, 0.3) is 0 Å². The zero-order chi connectivity index (χ0) is 24.1. The van der Waals surface area contributed by atoms with Gasteiger partial charge in [0.15, 0.2) is 0 Å². The van der Waals surface area contributed by atoms with Crippen molar-refractivity contribution >= 4 is 23.3 Å². The van der Waals surface area contributed by atoms with Gasteiger partial charge in [-0.1, -0.05) is 152 Å². The monoisotopic (exact) mass is 472 g/mol. The summed E-state index contributed by atoms with van der Waals surface area (Å²) in [5.74, 6) is 0. The molecular formula is C32H25O2P. The summed E-state index contributed by atoms with van der Waals surface area (Å²) in [4.78, 5) is 15.2. The summed E-state index contributed by atoms with van der Waals surface area (Å²) >= 11 is 0. The third-order valence-electron chi connectivity index (χ3n) is 6.47. The maximum atomic E-state index is 15.3. The van der Waals surface area contributed by atoms with Crippen LogP contribution in [0, 0.1) is 0 Å². The molecule has 0 bridgehead atoms. The summed E-state index contributed by atoms with van der Waals surface area (Å²) in [5, 5.41) is 1.06. The molecule has 3 heteroatoms.